The van der Waals surface area contributed by atoms with Crippen LogP contribution in [-0.2, 0) is 4.74 Å². The van der Waals surface area contributed by atoms with Crippen molar-refractivity contribution in [2.45, 2.75) is 34.5 Å². The van der Waals surface area contributed by atoms with E-state index in [0.717, 1.165) is 11.3 Å². The molecule has 0 radical (unpaired) electrons. The van der Waals surface area contributed by atoms with Crippen LogP contribution in [0.3, 0.4) is 0 Å². The first-order valence-electron chi connectivity index (χ1n) is 5.79. The van der Waals surface area contributed by atoms with Gasteiger partial charge < -0.3 is 4.74 Å². The first-order valence-corrected chi connectivity index (χ1v) is 7.72. The highest BCUT2D eigenvalue weighted by atomic mass is 32.2. The summed E-state index contributed by atoms with van der Waals surface area (Å²) >= 11 is 3.84. The molecule has 1 aromatic rings. The molecule has 4 rings (SSSR count). The van der Waals surface area contributed by atoms with E-state index in [4.69, 9.17) is 10.00 Å². The second-order valence-electron chi connectivity index (χ2n) is 4.33. The molecule has 2 bridgehead atoms. The van der Waals surface area contributed by atoms with Gasteiger partial charge in [0, 0.05) is 15.9 Å². The molecular formula is C13H13NOS2. The highest BCUT2D eigenvalue weighted by molar-refractivity contribution is 8.03. The third kappa shape index (κ3) is 2.47. The molecule has 3 aliphatic heterocycles. The minimum Gasteiger partial charge on any atom is -0.362 e. The van der Waals surface area contributed by atoms with Crippen molar-refractivity contribution in [2.24, 2.45) is 0 Å². The number of rotatable bonds is 2. The summed E-state index contributed by atoms with van der Waals surface area (Å²) in [5.74, 6) is 1.16. The Bertz CT molecular complexity index is 432. The van der Waals surface area contributed by atoms with E-state index < -0.39 is 0 Å². The number of fused-ring (bicyclic) bond motifs is 3. The Morgan fingerprint density at radius 3 is 2.65 bits per heavy atom. The fourth-order valence-corrected chi connectivity index (χ4v) is 4.89. The average Bonchev–Trinajstić information content (AvgIpc) is 2.41. The minimum absolute atomic E-state index is 0.292. The van der Waals surface area contributed by atoms with Gasteiger partial charge in [0.1, 0.15) is 5.44 Å². The van der Waals surface area contributed by atoms with Crippen LogP contribution in [0.15, 0.2) is 29.2 Å². The number of ether oxygens (including phenoxy) is 1. The van der Waals surface area contributed by atoms with Crippen LogP contribution in [0.4, 0.5) is 0 Å². The number of thioether (sulfide) groups is 2. The van der Waals surface area contributed by atoms with Gasteiger partial charge in [-0.1, -0.05) is 11.8 Å². The fourth-order valence-electron chi connectivity index (χ4n) is 2.19. The summed E-state index contributed by atoms with van der Waals surface area (Å²) < 4.78 is 6.02. The molecule has 3 aliphatic rings. The lowest BCUT2D eigenvalue weighted by atomic mass is 10.1. The van der Waals surface area contributed by atoms with Crippen LogP contribution in [0.2, 0.25) is 0 Å². The standard InChI is InChI=1S/C13H13NOS2/c14-7-9-1-4-11(5-2-9)17-13-12-6-3-10(15-13)8-16-12/h1-2,4-5,10,12-13H,3,6,8H2/t10-,12-,13?/m0/s1. The van der Waals surface area contributed by atoms with Gasteiger partial charge in [-0.05, 0) is 37.1 Å². The molecule has 17 heavy (non-hydrogen) atoms. The number of nitrogens with zero attached hydrogens (tertiary/aromatic N) is 1. The summed E-state index contributed by atoms with van der Waals surface area (Å²) in [5, 5.41) is 9.39. The lowest BCUT2D eigenvalue weighted by Gasteiger charge is -2.41. The van der Waals surface area contributed by atoms with Crippen LogP contribution >= 0.6 is 23.5 Å². The van der Waals surface area contributed by atoms with Gasteiger partial charge in [-0.15, -0.1) is 0 Å². The molecular weight excluding hydrogens is 250 g/mol. The lowest BCUT2D eigenvalue weighted by molar-refractivity contribution is 0.00626. The van der Waals surface area contributed by atoms with Crippen molar-refractivity contribution in [1.82, 2.24) is 0 Å². The predicted octanol–water partition coefficient (Wildman–Crippen LogP) is 3.27. The highest BCUT2D eigenvalue weighted by Gasteiger charge is 2.37. The van der Waals surface area contributed by atoms with Gasteiger partial charge in [-0.3, -0.25) is 0 Å². The number of benzene rings is 1. The molecule has 3 fully saturated rings. The van der Waals surface area contributed by atoms with Crippen LogP contribution in [0, 0.1) is 11.3 Å². The molecule has 3 heterocycles. The molecule has 1 unspecified atom stereocenters. The summed E-state index contributed by atoms with van der Waals surface area (Å²) in [5.41, 5.74) is 1.01. The van der Waals surface area contributed by atoms with E-state index >= 15 is 0 Å². The number of hydrogen-bond donors (Lipinski definition) is 0. The van der Waals surface area contributed by atoms with Crippen molar-refractivity contribution >= 4 is 23.5 Å². The summed E-state index contributed by atoms with van der Waals surface area (Å²) in [6.07, 6.45) is 2.96. The minimum atomic E-state index is 0.292. The largest absolute Gasteiger partial charge is 0.362 e. The molecule has 1 aromatic carbocycles. The van der Waals surface area contributed by atoms with Crippen LogP contribution in [0.5, 0.6) is 0 Å². The van der Waals surface area contributed by atoms with Crippen LogP contribution in [0.25, 0.3) is 0 Å². The molecule has 0 aliphatic carbocycles. The Labute approximate surface area is 110 Å². The van der Waals surface area contributed by atoms with Crippen molar-refractivity contribution in [2.75, 3.05) is 5.75 Å². The molecule has 3 saturated heterocycles. The molecule has 0 spiro atoms. The summed E-state index contributed by atoms with van der Waals surface area (Å²) in [7, 11) is 0. The number of hydrogen-bond acceptors (Lipinski definition) is 4. The maximum Gasteiger partial charge on any atom is 0.119 e. The van der Waals surface area contributed by atoms with Gasteiger partial charge in [-0.2, -0.15) is 17.0 Å². The molecule has 3 atom stereocenters. The second-order valence-corrected chi connectivity index (χ2v) is 6.77. The monoisotopic (exact) mass is 263 g/mol. The maximum atomic E-state index is 8.75. The third-order valence-electron chi connectivity index (χ3n) is 3.14. The van der Waals surface area contributed by atoms with Gasteiger partial charge in [0.05, 0.1) is 17.7 Å². The Hall–Kier alpha value is -0.630. The smallest absolute Gasteiger partial charge is 0.119 e. The SMILES string of the molecule is N#Cc1ccc(SC2O[C@H]3CC[C@@H]2SC3)cc1. The van der Waals surface area contributed by atoms with Gasteiger partial charge in [0.25, 0.3) is 0 Å². The molecule has 4 heteroatoms. The van der Waals surface area contributed by atoms with Gasteiger partial charge in [0.2, 0.25) is 0 Å². The molecule has 0 saturated carbocycles. The van der Waals surface area contributed by atoms with Gasteiger partial charge in [0.15, 0.2) is 0 Å². The number of nitriles is 1. The Morgan fingerprint density at radius 1 is 1.29 bits per heavy atom. The third-order valence-corrected chi connectivity index (χ3v) is 6.00. The average molecular weight is 263 g/mol. The molecule has 0 amide bonds. The molecule has 2 nitrogen and oxygen atoms in total. The Balaban J connectivity index is 1.68. The van der Waals surface area contributed by atoms with E-state index in [1.54, 1.807) is 11.8 Å². The van der Waals surface area contributed by atoms with E-state index in [0.29, 0.717) is 16.8 Å². The van der Waals surface area contributed by atoms with Crippen molar-refractivity contribution in [3.8, 4) is 6.07 Å². The van der Waals surface area contributed by atoms with Crippen molar-refractivity contribution in [3.05, 3.63) is 29.8 Å². The van der Waals surface area contributed by atoms with E-state index in [1.807, 2.05) is 36.0 Å². The first-order chi connectivity index (χ1) is 8.35. The van der Waals surface area contributed by atoms with Crippen molar-refractivity contribution in [1.29, 1.82) is 5.26 Å². The predicted molar refractivity (Wildman–Crippen MR) is 71.2 cm³/mol. The van der Waals surface area contributed by atoms with E-state index in [-0.39, 0.29) is 0 Å². The molecule has 0 aromatic heterocycles. The van der Waals surface area contributed by atoms with Crippen LogP contribution in [0.1, 0.15) is 18.4 Å². The van der Waals surface area contributed by atoms with E-state index in [2.05, 4.69) is 6.07 Å². The van der Waals surface area contributed by atoms with Crippen LogP contribution in [-0.4, -0.2) is 22.5 Å². The summed E-state index contributed by atoms with van der Waals surface area (Å²) in [4.78, 5) is 1.20. The normalized spacial score (nSPS) is 31.1. The zero-order chi connectivity index (χ0) is 11.7. The topological polar surface area (TPSA) is 33.0 Å². The van der Waals surface area contributed by atoms with Gasteiger partial charge >= 0.3 is 0 Å². The van der Waals surface area contributed by atoms with Gasteiger partial charge in [-0.25, -0.2) is 0 Å². The Kier molecular flexibility index (Phi) is 3.32. The quantitative estimate of drug-likeness (QED) is 0.820. The van der Waals surface area contributed by atoms with Crippen molar-refractivity contribution in [3.63, 3.8) is 0 Å². The zero-order valence-electron chi connectivity index (χ0n) is 9.33. The zero-order valence-corrected chi connectivity index (χ0v) is 11.0. The summed E-state index contributed by atoms with van der Waals surface area (Å²) in [6, 6.07) is 9.91. The molecule has 88 valence electrons. The Morgan fingerprint density at radius 2 is 2.12 bits per heavy atom. The molecule has 0 N–H and O–H groups in total. The second kappa shape index (κ2) is 4.93. The van der Waals surface area contributed by atoms with E-state index in [9.17, 15) is 0 Å². The summed E-state index contributed by atoms with van der Waals surface area (Å²) in [6.45, 7) is 0. The maximum absolute atomic E-state index is 8.75. The van der Waals surface area contributed by atoms with Crippen LogP contribution < -0.4 is 0 Å². The first kappa shape index (κ1) is 11.5. The highest BCUT2D eigenvalue weighted by Crippen LogP contribution is 2.43. The fraction of sp³-hybridized carbons (Fsp3) is 0.462. The van der Waals surface area contributed by atoms with E-state index in [1.165, 1.54) is 17.7 Å². The lowest BCUT2D eigenvalue weighted by Crippen LogP contribution is -2.42. The van der Waals surface area contributed by atoms with Crippen molar-refractivity contribution < 1.29 is 4.74 Å².